The molecule has 0 atom stereocenters. The Kier molecular flexibility index (Phi) is 4.19. The molecule has 0 heterocycles. The van der Waals surface area contributed by atoms with Gasteiger partial charge in [-0.2, -0.15) is 0 Å². The fourth-order valence-corrected chi connectivity index (χ4v) is 1.75. The molecule has 0 aliphatic carbocycles. The third kappa shape index (κ3) is 3.75. The molecule has 70 valence electrons. The van der Waals surface area contributed by atoms with Gasteiger partial charge in [-0.15, -0.1) is 11.8 Å². The Balaban J connectivity index is 2.51. The third-order valence-corrected chi connectivity index (χ3v) is 3.07. The van der Waals surface area contributed by atoms with Crippen LogP contribution in [0.15, 0.2) is 40.3 Å². The molecular weight excluding hydrogens is 204 g/mol. The maximum absolute atomic E-state index is 9.04. The average Bonchev–Trinajstić information content (AvgIpc) is 2.16. The summed E-state index contributed by atoms with van der Waals surface area (Å²) in [6.45, 7) is 1.99. The van der Waals surface area contributed by atoms with E-state index in [0.717, 1.165) is 16.2 Å². The highest BCUT2D eigenvalue weighted by molar-refractivity contribution is 7.99. The van der Waals surface area contributed by atoms with Crippen molar-refractivity contribution in [2.75, 3.05) is 5.75 Å². The number of phenols is 1. The molecule has 0 saturated heterocycles. The Hall–Kier alpha value is -0.600. The molecule has 3 heteroatoms. The minimum atomic E-state index is 0.300. The lowest BCUT2D eigenvalue weighted by atomic mass is 10.3. The van der Waals surface area contributed by atoms with E-state index >= 15 is 0 Å². The van der Waals surface area contributed by atoms with E-state index in [4.69, 9.17) is 16.7 Å². The lowest BCUT2D eigenvalue weighted by Crippen LogP contribution is -1.79. The van der Waals surface area contributed by atoms with Crippen LogP contribution in [0.25, 0.3) is 0 Å². The summed E-state index contributed by atoms with van der Waals surface area (Å²) in [5.74, 6) is 1.18. The van der Waals surface area contributed by atoms with Crippen molar-refractivity contribution in [1.29, 1.82) is 0 Å². The van der Waals surface area contributed by atoms with E-state index < -0.39 is 0 Å². The SMILES string of the molecule is C/C(=C/Cl)CSc1ccc(O)cc1. The highest BCUT2D eigenvalue weighted by Gasteiger charge is 1.94. The van der Waals surface area contributed by atoms with Gasteiger partial charge in [-0.3, -0.25) is 0 Å². The minimum Gasteiger partial charge on any atom is -0.508 e. The largest absolute Gasteiger partial charge is 0.508 e. The number of thioether (sulfide) groups is 1. The molecule has 0 unspecified atom stereocenters. The minimum absolute atomic E-state index is 0.300. The molecule has 1 rings (SSSR count). The molecule has 1 aromatic rings. The number of hydrogen-bond donors (Lipinski definition) is 1. The topological polar surface area (TPSA) is 20.2 Å². The number of halogens is 1. The van der Waals surface area contributed by atoms with Crippen LogP contribution in [-0.4, -0.2) is 10.9 Å². The fraction of sp³-hybridized carbons (Fsp3) is 0.200. The number of aromatic hydroxyl groups is 1. The van der Waals surface area contributed by atoms with Crippen molar-refractivity contribution >= 4 is 23.4 Å². The second kappa shape index (κ2) is 5.20. The van der Waals surface area contributed by atoms with Gasteiger partial charge in [0.2, 0.25) is 0 Å². The molecule has 1 nitrogen and oxygen atoms in total. The van der Waals surface area contributed by atoms with Crippen LogP contribution < -0.4 is 0 Å². The van der Waals surface area contributed by atoms with Crippen molar-refractivity contribution in [3.05, 3.63) is 35.4 Å². The van der Waals surface area contributed by atoms with Gasteiger partial charge in [0.15, 0.2) is 0 Å². The monoisotopic (exact) mass is 214 g/mol. The van der Waals surface area contributed by atoms with E-state index in [1.165, 1.54) is 0 Å². The Morgan fingerprint density at radius 2 is 2.08 bits per heavy atom. The quantitative estimate of drug-likeness (QED) is 0.776. The highest BCUT2D eigenvalue weighted by Crippen LogP contribution is 2.22. The molecule has 0 aromatic heterocycles. The smallest absolute Gasteiger partial charge is 0.115 e. The normalized spacial score (nSPS) is 11.7. The van der Waals surface area contributed by atoms with Gasteiger partial charge in [-0.25, -0.2) is 0 Å². The van der Waals surface area contributed by atoms with Crippen molar-refractivity contribution in [2.45, 2.75) is 11.8 Å². The van der Waals surface area contributed by atoms with E-state index in [9.17, 15) is 0 Å². The summed E-state index contributed by atoms with van der Waals surface area (Å²) < 4.78 is 0. The van der Waals surface area contributed by atoms with Crippen molar-refractivity contribution in [3.63, 3.8) is 0 Å². The molecule has 0 radical (unpaired) electrons. The molecule has 0 fully saturated rings. The molecule has 1 aromatic carbocycles. The molecular formula is C10H11ClOS. The maximum Gasteiger partial charge on any atom is 0.115 e. The summed E-state index contributed by atoms with van der Waals surface area (Å²) in [7, 11) is 0. The van der Waals surface area contributed by atoms with Crippen LogP contribution >= 0.6 is 23.4 Å². The van der Waals surface area contributed by atoms with Gasteiger partial charge in [-0.05, 0) is 31.2 Å². The number of rotatable bonds is 3. The Morgan fingerprint density at radius 3 is 2.62 bits per heavy atom. The van der Waals surface area contributed by atoms with Gasteiger partial charge in [0, 0.05) is 16.2 Å². The van der Waals surface area contributed by atoms with Crippen LogP contribution in [0.1, 0.15) is 6.92 Å². The third-order valence-electron chi connectivity index (χ3n) is 1.49. The van der Waals surface area contributed by atoms with Crippen molar-refractivity contribution < 1.29 is 5.11 Å². The first kappa shape index (κ1) is 10.5. The van der Waals surface area contributed by atoms with Gasteiger partial charge in [0.05, 0.1) is 0 Å². The zero-order chi connectivity index (χ0) is 9.68. The molecule has 0 saturated carbocycles. The summed E-state index contributed by atoms with van der Waals surface area (Å²) in [6.07, 6.45) is 0. The molecule has 1 N–H and O–H groups in total. The fourth-order valence-electron chi connectivity index (χ4n) is 0.771. The number of benzene rings is 1. The predicted octanol–water partition coefficient (Wildman–Crippen LogP) is 3.63. The van der Waals surface area contributed by atoms with Gasteiger partial charge in [0.1, 0.15) is 5.75 Å². The van der Waals surface area contributed by atoms with Crippen LogP contribution in [0.5, 0.6) is 5.75 Å². The number of phenolic OH excluding ortho intramolecular Hbond substituents is 1. The zero-order valence-corrected chi connectivity index (χ0v) is 8.90. The Labute approximate surface area is 87.4 Å². The summed E-state index contributed by atoms with van der Waals surface area (Å²) >= 11 is 7.23. The first-order chi connectivity index (χ1) is 6.22. The molecule has 13 heavy (non-hydrogen) atoms. The number of hydrogen-bond acceptors (Lipinski definition) is 2. The summed E-state index contributed by atoms with van der Waals surface area (Å²) in [5, 5.41) is 9.04. The van der Waals surface area contributed by atoms with Gasteiger partial charge in [0.25, 0.3) is 0 Å². The standard InChI is InChI=1S/C10H11ClOS/c1-8(6-11)7-13-10-4-2-9(12)3-5-10/h2-6,12H,7H2,1H3/b8-6-. The molecule has 0 aliphatic rings. The predicted molar refractivity (Wildman–Crippen MR) is 58.4 cm³/mol. The van der Waals surface area contributed by atoms with Crippen molar-refractivity contribution in [2.24, 2.45) is 0 Å². The van der Waals surface area contributed by atoms with E-state index in [2.05, 4.69) is 0 Å². The van der Waals surface area contributed by atoms with Gasteiger partial charge >= 0.3 is 0 Å². The van der Waals surface area contributed by atoms with Crippen molar-refractivity contribution in [1.82, 2.24) is 0 Å². The Morgan fingerprint density at radius 1 is 1.46 bits per heavy atom. The van der Waals surface area contributed by atoms with Crippen LogP contribution in [0.3, 0.4) is 0 Å². The molecule has 0 aliphatic heterocycles. The molecule has 0 bridgehead atoms. The summed E-state index contributed by atoms with van der Waals surface area (Å²) in [6, 6.07) is 7.15. The summed E-state index contributed by atoms with van der Waals surface area (Å²) in [5.41, 5.74) is 2.73. The lowest BCUT2D eigenvalue weighted by molar-refractivity contribution is 0.475. The zero-order valence-electron chi connectivity index (χ0n) is 7.33. The van der Waals surface area contributed by atoms with Crippen LogP contribution in [0, 0.1) is 0 Å². The van der Waals surface area contributed by atoms with E-state index in [-0.39, 0.29) is 0 Å². The molecule has 0 spiro atoms. The second-order valence-corrected chi connectivity index (χ2v) is 4.01. The van der Waals surface area contributed by atoms with Crippen molar-refractivity contribution in [3.8, 4) is 5.75 Å². The van der Waals surface area contributed by atoms with Gasteiger partial charge < -0.3 is 5.11 Å². The Bertz CT molecular complexity index is 292. The maximum atomic E-state index is 9.04. The summed E-state index contributed by atoms with van der Waals surface area (Å²) in [4.78, 5) is 1.13. The van der Waals surface area contributed by atoms with Crippen LogP contribution in [0.4, 0.5) is 0 Å². The van der Waals surface area contributed by atoms with Crippen LogP contribution in [-0.2, 0) is 0 Å². The average molecular weight is 215 g/mol. The first-order valence-corrected chi connectivity index (χ1v) is 5.32. The van der Waals surface area contributed by atoms with Gasteiger partial charge in [-0.1, -0.05) is 17.2 Å². The van der Waals surface area contributed by atoms with Crippen LogP contribution in [0.2, 0.25) is 0 Å². The second-order valence-electron chi connectivity index (χ2n) is 2.74. The van der Waals surface area contributed by atoms with E-state index in [1.807, 2.05) is 19.1 Å². The molecule has 0 amide bonds. The van der Waals surface area contributed by atoms with E-state index in [0.29, 0.717) is 5.75 Å². The van der Waals surface area contributed by atoms with E-state index in [1.54, 1.807) is 29.4 Å². The lowest BCUT2D eigenvalue weighted by Gasteiger charge is -2.00. The first-order valence-electron chi connectivity index (χ1n) is 3.90. The highest BCUT2D eigenvalue weighted by atomic mass is 35.5.